The van der Waals surface area contributed by atoms with Gasteiger partial charge in [-0.25, -0.2) is 0 Å². The summed E-state index contributed by atoms with van der Waals surface area (Å²) < 4.78 is 17.5. The van der Waals surface area contributed by atoms with E-state index in [9.17, 15) is 4.79 Å². The zero-order valence-corrected chi connectivity index (χ0v) is 13.7. The van der Waals surface area contributed by atoms with E-state index >= 15 is 0 Å². The summed E-state index contributed by atoms with van der Waals surface area (Å²) in [4.78, 5) is 11.1. The van der Waals surface area contributed by atoms with Crippen LogP contribution in [0.15, 0.2) is 30.3 Å². The van der Waals surface area contributed by atoms with Gasteiger partial charge < -0.3 is 19.0 Å². The van der Waals surface area contributed by atoms with E-state index in [-0.39, 0.29) is 17.8 Å². The summed E-state index contributed by atoms with van der Waals surface area (Å²) in [6.45, 7) is 7.11. The molecule has 1 fully saturated rings. The van der Waals surface area contributed by atoms with E-state index in [1.54, 1.807) is 0 Å². The summed E-state index contributed by atoms with van der Waals surface area (Å²) >= 11 is 0. The van der Waals surface area contributed by atoms with Crippen LogP contribution in [0.1, 0.15) is 39.2 Å². The molecule has 22 heavy (non-hydrogen) atoms. The Morgan fingerprint density at radius 1 is 1.23 bits per heavy atom. The Kier molecular flexibility index (Phi) is 6.12. The van der Waals surface area contributed by atoms with Gasteiger partial charge >= 0.3 is 0 Å². The number of rotatable bonds is 6. The van der Waals surface area contributed by atoms with Crippen molar-refractivity contribution in [2.75, 3.05) is 6.61 Å². The average Bonchev–Trinajstić information content (AvgIpc) is 2.46. The third-order valence-electron chi connectivity index (χ3n) is 3.48. The summed E-state index contributed by atoms with van der Waals surface area (Å²) in [5.74, 6) is 0. The Morgan fingerprint density at radius 3 is 2.59 bits per heavy atom. The third-order valence-corrected chi connectivity index (χ3v) is 3.48. The first-order chi connectivity index (χ1) is 10.5. The molecule has 0 aliphatic carbocycles. The van der Waals surface area contributed by atoms with Crippen molar-refractivity contribution in [1.82, 2.24) is 0 Å². The van der Waals surface area contributed by atoms with Crippen molar-refractivity contribution >= 4 is 6.29 Å². The summed E-state index contributed by atoms with van der Waals surface area (Å²) in [6, 6.07) is 10.0. The van der Waals surface area contributed by atoms with E-state index < -0.39 is 6.10 Å². The smallest absolute Gasteiger partial charge is 0.148 e. The molecule has 0 amide bonds. The Bertz CT molecular complexity index is 452. The molecule has 2 rings (SSSR count). The maximum atomic E-state index is 11.1. The van der Waals surface area contributed by atoms with Gasteiger partial charge in [-0.15, -0.1) is 0 Å². The molecule has 0 spiro atoms. The summed E-state index contributed by atoms with van der Waals surface area (Å²) in [5.41, 5.74) is 0.915. The Balaban J connectivity index is 1.82. The molecule has 1 aromatic rings. The minimum atomic E-state index is -0.397. The van der Waals surface area contributed by atoms with Crippen molar-refractivity contribution in [2.24, 2.45) is 0 Å². The molecule has 0 radical (unpaired) electrons. The maximum Gasteiger partial charge on any atom is 0.148 e. The summed E-state index contributed by atoms with van der Waals surface area (Å²) in [7, 11) is 0. The number of aldehydes is 1. The van der Waals surface area contributed by atoms with Gasteiger partial charge in [-0.3, -0.25) is 0 Å². The lowest BCUT2D eigenvalue weighted by molar-refractivity contribution is -0.166. The van der Waals surface area contributed by atoms with Gasteiger partial charge in [0.05, 0.1) is 31.0 Å². The topological polar surface area (TPSA) is 44.8 Å². The molecule has 0 bridgehead atoms. The van der Waals surface area contributed by atoms with Crippen LogP contribution in [0.4, 0.5) is 0 Å². The highest BCUT2D eigenvalue weighted by Gasteiger charge is 2.32. The fraction of sp³-hybridized carbons (Fsp3) is 0.611. The zero-order chi connectivity index (χ0) is 16.0. The van der Waals surface area contributed by atoms with Gasteiger partial charge in [0.2, 0.25) is 0 Å². The fourth-order valence-corrected chi connectivity index (χ4v) is 2.68. The molecule has 1 saturated heterocycles. The van der Waals surface area contributed by atoms with Gasteiger partial charge in [0, 0.05) is 12.8 Å². The molecule has 4 nitrogen and oxygen atoms in total. The number of hydrogen-bond donors (Lipinski definition) is 0. The molecule has 3 atom stereocenters. The van der Waals surface area contributed by atoms with E-state index in [1.165, 1.54) is 0 Å². The minimum absolute atomic E-state index is 0.0364. The van der Waals surface area contributed by atoms with Crippen molar-refractivity contribution in [3.8, 4) is 0 Å². The second-order valence-corrected chi connectivity index (χ2v) is 6.76. The molecule has 0 aromatic heterocycles. The monoisotopic (exact) mass is 306 g/mol. The lowest BCUT2D eigenvalue weighted by Gasteiger charge is -2.36. The maximum absolute atomic E-state index is 11.1. The lowest BCUT2D eigenvalue weighted by Crippen LogP contribution is -2.42. The van der Waals surface area contributed by atoms with Gasteiger partial charge in [0.25, 0.3) is 0 Å². The van der Waals surface area contributed by atoms with Gasteiger partial charge in [0.15, 0.2) is 0 Å². The van der Waals surface area contributed by atoms with E-state index in [2.05, 4.69) is 0 Å². The second-order valence-electron chi connectivity index (χ2n) is 6.76. The highest BCUT2D eigenvalue weighted by molar-refractivity contribution is 5.56. The first-order valence-corrected chi connectivity index (χ1v) is 7.86. The molecule has 1 aromatic carbocycles. The van der Waals surface area contributed by atoms with Crippen LogP contribution in [0.3, 0.4) is 0 Å². The predicted molar refractivity (Wildman–Crippen MR) is 84.7 cm³/mol. The summed E-state index contributed by atoms with van der Waals surface area (Å²) in [6.07, 6.45) is 1.79. The minimum Gasteiger partial charge on any atom is -0.374 e. The quantitative estimate of drug-likeness (QED) is 0.757. The van der Waals surface area contributed by atoms with Crippen molar-refractivity contribution in [1.29, 1.82) is 0 Å². The van der Waals surface area contributed by atoms with Crippen molar-refractivity contribution in [3.05, 3.63) is 35.9 Å². The first kappa shape index (κ1) is 17.1. The Morgan fingerprint density at radius 2 is 1.95 bits per heavy atom. The second kappa shape index (κ2) is 7.86. The molecule has 0 saturated carbocycles. The third kappa shape index (κ3) is 5.87. The highest BCUT2D eigenvalue weighted by Crippen LogP contribution is 2.25. The van der Waals surface area contributed by atoms with Crippen LogP contribution in [0.2, 0.25) is 0 Å². The van der Waals surface area contributed by atoms with Gasteiger partial charge in [0.1, 0.15) is 12.4 Å². The van der Waals surface area contributed by atoms with Crippen LogP contribution in [0, 0.1) is 0 Å². The number of hydrogen-bond acceptors (Lipinski definition) is 4. The zero-order valence-electron chi connectivity index (χ0n) is 13.7. The van der Waals surface area contributed by atoms with Gasteiger partial charge in [-0.1, -0.05) is 30.3 Å². The normalized spacial score (nSPS) is 25.9. The van der Waals surface area contributed by atoms with Crippen LogP contribution in [-0.4, -0.2) is 36.8 Å². The van der Waals surface area contributed by atoms with E-state index in [4.69, 9.17) is 14.2 Å². The van der Waals surface area contributed by atoms with E-state index in [0.717, 1.165) is 18.3 Å². The molecular formula is C18H26O4. The van der Waals surface area contributed by atoms with Crippen LogP contribution in [-0.2, 0) is 25.6 Å². The molecule has 0 unspecified atom stereocenters. The van der Waals surface area contributed by atoms with Crippen molar-refractivity contribution in [3.63, 3.8) is 0 Å². The molecule has 1 aliphatic heterocycles. The van der Waals surface area contributed by atoms with Gasteiger partial charge in [-0.05, 0) is 26.3 Å². The van der Waals surface area contributed by atoms with Crippen LogP contribution < -0.4 is 0 Å². The lowest BCUT2D eigenvalue weighted by atomic mass is 10.0. The average molecular weight is 306 g/mol. The standard InChI is InChI=1S/C18H26O4/c1-18(2,3)22-15-9-16(11-19)21-17(10-15)13-20-12-14-7-5-4-6-8-14/h4-8,11,15-17H,9-10,12-13H2,1-3H3/t15-,16-,17+/m1/s1. The molecule has 122 valence electrons. The van der Waals surface area contributed by atoms with E-state index in [1.807, 2.05) is 51.1 Å². The van der Waals surface area contributed by atoms with Crippen LogP contribution in [0.25, 0.3) is 0 Å². The Hall–Kier alpha value is -1.23. The van der Waals surface area contributed by atoms with Crippen LogP contribution in [0.5, 0.6) is 0 Å². The fourth-order valence-electron chi connectivity index (χ4n) is 2.68. The van der Waals surface area contributed by atoms with Crippen molar-refractivity contribution < 1.29 is 19.0 Å². The van der Waals surface area contributed by atoms with Gasteiger partial charge in [-0.2, -0.15) is 0 Å². The Labute approximate surface area is 132 Å². The number of ether oxygens (including phenoxy) is 3. The molecular weight excluding hydrogens is 280 g/mol. The number of carbonyl (C=O) groups is 1. The molecule has 1 heterocycles. The number of carbonyl (C=O) groups excluding carboxylic acids is 1. The molecule has 0 N–H and O–H groups in total. The largest absolute Gasteiger partial charge is 0.374 e. The molecule has 1 aliphatic rings. The first-order valence-electron chi connectivity index (χ1n) is 7.86. The summed E-state index contributed by atoms with van der Waals surface area (Å²) in [5, 5.41) is 0. The SMILES string of the molecule is CC(C)(C)O[C@H]1C[C@@H](COCc2ccccc2)O[C@@H](C=O)C1. The molecule has 4 heteroatoms. The predicted octanol–water partition coefficient (Wildman–Crippen LogP) is 3.13. The highest BCUT2D eigenvalue weighted by atomic mass is 16.6. The van der Waals surface area contributed by atoms with E-state index in [0.29, 0.717) is 19.6 Å². The number of benzene rings is 1. The van der Waals surface area contributed by atoms with Crippen LogP contribution >= 0.6 is 0 Å². The van der Waals surface area contributed by atoms with Crippen molar-refractivity contribution in [2.45, 2.75) is 64.1 Å².